The molecule has 0 spiro atoms. The topological polar surface area (TPSA) is 117 Å². The summed E-state index contributed by atoms with van der Waals surface area (Å²) < 4.78 is 11.2. The molecule has 0 radical (unpaired) electrons. The zero-order valence-electron chi connectivity index (χ0n) is 17.9. The Morgan fingerprint density at radius 1 is 1.21 bits per heavy atom. The van der Waals surface area contributed by atoms with Crippen molar-refractivity contribution in [3.63, 3.8) is 0 Å². The molecule has 1 atom stereocenters. The van der Waals surface area contributed by atoms with Gasteiger partial charge in [-0.15, -0.1) is 0 Å². The van der Waals surface area contributed by atoms with Crippen LogP contribution in [0, 0.1) is 0 Å². The van der Waals surface area contributed by atoms with Gasteiger partial charge in [-0.25, -0.2) is 0 Å². The first-order valence-electron chi connectivity index (χ1n) is 10.8. The molecule has 1 saturated heterocycles. The van der Waals surface area contributed by atoms with Crippen molar-refractivity contribution in [1.29, 1.82) is 0 Å². The molecule has 0 aliphatic carbocycles. The smallest absolute Gasteiger partial charge is 0.262 e. The number of hydrogen-bond donors (Lipinski definition) is 3. The minimum Gasteiger partial charge on any atom is -0.508 e. The molecule has 0 bridgehead atoms. The molecule has 2 aliphatic heterocycles. The van der Waals surface area contributed by atoms with E-state index < -0.39 is 0 Å². The monoisotopic (exact) mass is 448 g/mol. The number of phenolic OH excluding ortho intramolecular Hbond substituents is 2. The van der Waals surface area contributed by atoms with Gasteiger partial charge < -0.3 is 29.9 Å². The van der Waals surface area contributed by atoms with Crippen molar-refractivity contribution in [2.75, 3.05) is 18.5 Å². The molecule has 3 N–H and O–H groups in total. The van der Waals surface area contributed by atoms with Gasteiger partial charge in [0.15, 0.2) is 0 Å². The van der Waals surface area contributed by atoms with Crippen LogP contribution in [0.2, 0.25) is 0 Å². The number of ether oxygens (including phenoxy) is 2. The second kappa shape index (κ2) is 8.95. The first-order chi connectivity index (χ1) is 16.1. The number of amides is 1. The predicted octanol–water partition coefficient (Wildman–Crippen LogP) is 2.82. The fraction of sp³-hybridized carbons (Fsp3) is 0.292. The van der Waals surface area contributed by atoms with E-state index in [2.05, 4.69) is 15.5 Å². The van der Waals surface area contributed by atoms with Crippen LogP contribution < -0.4 is 10.1 Å². The number of nitrogens with one attached hydrogen (secondary N) is 1. The fourth-order valence-corrected chi connectivity index (χ4v) is 4.20. The van der Waals surface area contributed by atoms with Crippen molar-refractivity contribution in [3.8, 4) is 17.2 Å². The molecule has 2 aromatic carbocycles. The molecule has 1 amide bonds. The van der Waals surface area contributed by atoms with Crippen molar-refractivity contribution < 1.29 is 24.5 Å². The number of anilines is 1. The van der Waals surface area contributed by atoms with E-state index in [-0.39, 0.29) is 41.4 Å². The summed E-state index contributed by atoms with van der Waals surface area (Å²) in [4.78, 5) is 15.1. The van der Waals surface area contributed by atoms with E-state index in [9.17, 15) is 15.0 Å². The maximum atomic E-state index is 13.5. The maximum absolute atomic E-state index is 13.5. The molecule has 2 aliphatic rings. The lowest BCUT2D eigenvalue weighted by molar-refractivity contribution is 0.0743. The molecular formula is C24H24N4O5. The largest absolute Gasteiger partial charge is 0.508 e. The molecule has 3 aromatic rings. The van der Waals surface area contributed by atoms with Crippen LogP contribution >= 0.6 is 0 Å². The molecular weight excluding hydrogens is 424 g/mol. The van der Waals surface area contributed by atoms with Crippen LogP contribution in [0.15, 0.2) is 48.7 Å². The highest BCUT2D eigenvalue weighted by molar-refractivity contribution is 6.00. The Balaban J connectivity index is 1.38. The number of carbonyl (C=O) groups is 1. The van der Waals surface area contributed by atoms with Gasteiger partial charge in [0.1, 0.15) is 35.1 Å². The fourth-order valence-electron chi connectivity index (χ4n) is 4.20. The summed E-state index contributed by atoms with van der Waals surface area (Å²) >= 11 is 0. The molecule has 170 valence electrons. The minimum atomic E-state index is -0.381. The van der Waals surface area contributed by atoms with Gasteiger partial charge in [-0.05, 0) is 35.7 Å². The number of aromatic hydroxyl groups is 2. The molecule has 9 heteroatoms. The van der Waals surface area contributed by atoms with Crippen molar-refractivity contribution >= 4 is 11.6 Å². The molecule has 3 heterocycles. The molecule has 5 rings (SSSR count). The predicted molar refractivity (Wildman–Crippen MR) is 119 cm³/mol. The first kappa shape index (κ1) is 21.0. The zero-order valence-corrected chi connectivity index (χ0v) is 17.9. The van der Waals surface area contributed by atoms with Crippen LogP contribution in [-0.2, 0) is 24.4 Å². The molecule has 1 unspecified atom stereocenters. The third-order valence-electron chi connectivity index (χ3n) is 5.84. The third kappa shape index (κ3) is 4.40. The highest BCUT2D eigenvalue weighted by Crippen LogP contribution is 2.37. The lowest BCUT2D eigenvalue weighted by atomic mass is 10.1. The molecule has 0 saturated carbocycles. The molecule has 33 heavy (non-hydrogen) atoms. The van der Waals surface area contributed by atoms with Crippen LogP contribution in [0.5, 0.6) is 17.2 Å². The minimum absolute atomic E-state index is 0.00296. The van der Waals surface area contributed by atoms with Crippen LogP contribution in [0.4, 0.5) is 5.69 Å². The molecule has 1 aromatic heterocycles. The highest BCUT2D eigenvalue weighted by atomic mass is 16.5. The Bertz CT molecular complexity index is 1170. The van der Waals surface area contributed by atoms with Gasteiger partial charge in [0.05, 0.1) is 12.6 Å². The standard InChI is InChI=1S/C24H24N4O5/c29-18-9-21(30)23(22(10-18)33-14-17-4-2-7-25-27-17)24(31)28-11-15-3-1-5-20(19(15)12-28)26-16-6-8-32-13-16/h1-5,7,9-10,16,26,29-30H,6,8,11-14H2. The molecule has 9 nitrogen and oxygen atoms in total. The van der Waals surface area contributed by atoms with Crippen molar-refractivity contribution in [3.05, 3.63) is 71.0 Å². The number of fused-ring (bicyclic) bond motifs is 1. The van der Waals surface area contributed by atoms with Gasteiger partial charge in [0, 0.05) is 43.7 Å². The summed E-state index contributed by atoms with van der Waals surface area (Å²) in [6.07, 6.45) is 2.49. The summed E-state index contributed by atoms with van der Waals surface area (Å²) in [6.45, 7) is 2.26. The van der Waals surface area contributed by atoms with E-state index in [1.807, 2.05) is 18.2 Å². The van der Waals surface area contributed by atoms with Crippen LogP contribution in [0.3, 0.4) is 0 Å². The SMILES string of the molecule is O=C(c1c(O)cc(O)cc1OCc1cccnn1)N1Cc2cccc(NC3CCOC3)c2C1. The number of benzene rings is 2. The second-order valence-electron chi connectivity index (χ2n) is 8.15. The number of phenols is 2. The van der Waals surface area contributed by atoms with Crippen LogP contribution in [-0.4, -0.2) is 50.5 Å². The molecule has 1 fully saturated rings. The summed E-state index contributed by atoms with van der Waals surface area (Å²) in [7, 11) is 0. The number of rotatable bonds is 6. The summed E-state index contributed by atoms with van der Waals surface area (Å²) in [5.74, 6) is -0.840. The van der Waals surface area contributed by atoms with Gasteiger partial charge in [-0.3, -0.25) is 4.79 Å². The summed E-state index contributed by atoms with van der Waals surface area (Å²) in [5, 5.41) is 31.8. The van der Waals surface area contributed by atoms with Crippen molar-refractivity contribution in [1.82, 2.24) is 15.1 Å². The normalized spacial score (nSPS) is 17.1. The summed E-state index contributed by atoms with van der Waals surface area (Å²) in [6, 6.07) is 12.2. The van der Waals surface area contributed by atoms with Gasteiger partial charge in [0.2, 0.25) is 0 Å². The highest BCUT2D eigenvalue weighted by Gasteiger charge is 2.31. The average Bonchev–Trinajstić information content (AvgIpc) is 3.48. The van der Waals surface area contributed by atoms with E-state index in [4.69, 9.17) is 9.47 Å². The van der Waals surface area contributed by atoms with E-state index in [0.29, 0.717) is 25.4 Å². The van der Waals surface area contributed by atoms with Gasteiger partial charge >= 0.3 is 0 Å². The van der Waals surface area contributed by atoms with Gasteiger partial charge in [-0.1, -0.05) is 12.1 Å². The quantitative estimate of drug-likeness (QED) is 0.527. The lowest BCUT2D eigenvalue weighted by Gasteiger charge is -2.20. The number of nitrogens with zero attached hydrogens (tertiary/aromatic N) is 3. The van der Waals surface area contributed by atoms with E-state index in [1.54, 1.807) is 23.2 Å². The van der Waals surface area contributed by atoms with Crippen LogP contribution in [0.25, 0.3) is 0 Å². The zero-order chi connectivity index (χ0) is 22.8. The Hall–Kier alpha value is -3.85. The lowest BCUT2D eigenvalue weighted by Crippen LogP contribution is -2.26. The van der Waals surface area contributed by atoms with E-state index in [1.165, 1.54) is 6.07 Å². The first-order valence-corrected chi connectivity index (χ1v) is 10.8. The van der Waals surface area contributed by atoms with E-state index >= 15 is 0 Å². The van der Waals surface area contributed by atoms with Crippen LogP contribution in [0.1, 0.15) is 33.6 Å². The van der Waals surface area contributed by atoms with Crippen molar-refractivity contribution in [2.24, 2.45) is 0 Å². The summed E-state index contributed by atoms with van der Waals surface area (Å²) in [5.41, 5.74) is 3.65. The second-order valence-corrected chi connectivity index (χ2v) is 8.15. The maximum Gasteiger partial charge on any atom is 0.262 e. The van der Waals surface area contributed by atoms with Gasteiger partial charge in [-0.2, -0.15) is 10.2 Å². The number of hydrogen-bond acceptors (Lipinski definition) is 8. The van der Waals surface area contributed by atoms with Crippen molar-refractivity contribution in [2.45, 2.75) is 32.2 Å². The Morgan fingerprint density at radius 2 is 2.12 bits per heavy atom. The van der Waals surface area contributed by atoms with Gasteiger partial charge in [0.25, 0.3) is 5.91 Å². The average molecular weight is 448 g/mol. The number of aromatic nitrogens is 2. The Kier molecular flexibility index (Phi) is 5.70. The third-order valence-corrected chi connectivity index (χ3v) is 5.84. The Labute approximate surface area is 190 Å². The number of carbonyl (C=O) groups excluding carboxylic acids is 1. The Morgan fingerprint density at radius 3 is 2.91 bits per heavy atom. The van der Waals surface area contributed by atoms with E-state index in [0.717, 1.165) is 35.9 Å².